The summed E-state index contributed by atoms with van der Waals surface area (Å²) >= 11 is 3.28. The Kier molecular flexibility index (Phi) is 7.13. The molecule has 0 radical (unpaired) electrons. The first kappa shape index (κ1) is 14.9. The van der Waals surface area contributed by atoms with E-state index in [1.807, 2.05) is 13.8 Å². The maximum absolute atomic E-state index is 11.5. The molecule has 0 bridgehead atoms. The molecule has 0 saturated heterocycles. The lowest BCUT2D eigenvalue weighted by Crippen LogP contribution is -2.42. The number of hydrogen-bond donors (Lipinski definition) is 1. The monoisotopic (exact) mass is 281 g/mol. The minimum absolute atomic E-state index is 0.0769. The van der Waals surface area contributed by atoms with Gasteiger partial charge in [-0.15, -0.1) is 0 Å². The van der Waals surface area contributed by atoms with Crippen LogP contribution in [0.2, 0.25) is 0 Å². The second kappa shape index (κ2) is 7.19. The molecule has 90 valence electrons. The van der Waals surface area contributed by atoms with Crippen molar-refractivity contribution in [2.45, 2.75) is 38.3 Å². The number of rotatable bonds is 7. The van der Waals surface area contributed by atoms with Crippen molar-refractivity contribution in [2.24, 2.45) is 0 Å². The Morgan fingerprint density at radius 3 is 2.13 bits per heavy atom. The highest BCUT2D eigenvalue weighted by molar-refractivity contribution is 9.10. The summed E-state index contributed by atoms with van der Waals surface area (Å²) in [6.45, 7) is 8.87. The third-order valence-electron chi connectivity index (χ3n) is 1.67. The Bertz CT molecular complexity index is 186. The van der Waals surface area contributed by atoms with Crippen LogP contribution in [-0.2, 0) is 14.3 Å². The molecule has 1 N–H and O–H groups in total. The first-order valence-corrected chi connectivity index (χ1v) is 5.91. The van der Waals surface area contributed by atoms with Gasteiger partial charge in [0.1, 0.15) is 0 Å². The summed E-state index contributed by atoms with van der Waals surface area (Å²) in [5, 5.41) is 2.76. The number of halogens is 1. The molecule has 0 aliphatic heterocycles. The Labute approximate surface area is 99.8 Å². The smallest absolute Gasteiger partial charge is 0.236 e. The van der Waals surface area contributed by atoms with Crippen LogP contribution < -0.4 is 5.32 Å². The van der Waals surface area contributed by atoms with Crippen LogP contribution in [0.4, 0.5) is 0 Å². The molecule has 1 amide bonds. The third-order valence-corrected chi connectivity index (χ3v) is 2.03. The zero-order chi connectivity index (χ0) is 11.9. The van der Waals surface area contributed by atoms with Gasteiger partial charge in [0, 0.05) is 13.2 Å². The molecule has 4 nitrogen and oxygen atoms in total. The second-order valence-corrected chi connectivity index (χ2v) is 5.51. The zero-order valence-electron chi connectivity index (χ0n) is 9.80. The van der Waals surface area contributed by atoms with Crippen LogP contribution in [0.5, 0.6) is 0 Å². The van der Waals surface area contributed by atoms with Gasteiger partial charge in [-0.3, -0.25) is 4.79 Å². The first-order chi connectivity index (χ1) is 6.91. The second-order valence-electron chi connectivity index (χ2n) is 3.52. The average molecular weight is 282 g/mol. The molecule has 0 aromatic rings. The maximum atomic E-state index is 11.5. The number of nitrogens with one attached hydrogen (secondary N) is 1. The van der Waals surface area contributed by atoms with E-state index in [0.717, 1.165) is 0 Å². The highest BCUT2D eigenvalue weighted by atomic mass is 79.9. The summed E-state index contributed by atoms with van der Waals surface area (Å²) in [6.07, 6.45) is -0.362. The Morgan fingerprint density at radius 1 is 1.33 bits per heavy atom. The summed E-state index contributed by atoms with van der Waals surface area (Å²) < 4.78 is 10.0. The Morgan fingerprint density at radius 2 is 1.80 bits per heavy atom. The van der Waals surface area contributed by atoms with Crippen molar-refractivity contribution >= 4 is 21.8 Å². The van der Waals surface area contributed by atoms with E-state index in [-0.39, 0.29) is 12.2 Å². The molecule has 0 unspecified atom stereocenters. The molecular formula is C10H20BrNO3. The van der Waals surface area contributed by atoms with Crippen LogP contribution in [0.15, 0.2) is 0 Å². The van der Waals surface area contributed by atoms with Gasteiger partial charge in [-0.25, -0.2) is 0 Å². The average Bonchev–Trinajstić information content (AvgIpc) is 2.12. The van der Waals surface area contributed by atoms with E-state index in [9.17, 15) is 4.79 Å². The van der Waals surface area contributed by atoms with Crippen LogP contribution in [0.1, 0.15) is 27.7 Å². The predicted octanol–water partition coefficient (Wildman–Crippen LogP) is 1.68. The fraction of sp³-hybridized carbons (Fsp3) is 0.900. The molecule has 0 spiro atoms. The molecule has 0 rings (SSSR count). The summed E-state index contributed by atoms with van der Waals surface area (Å²) in [5.74, 6) is -0.0769. The van der Waals surface area contributed by atoms with Gasteiger partial charge in [-0.2, -0.15) is 0 Å². The van der Waals surface area contributed by atoms with Crippen LogP contribution in [0.3, 0.4) is 0 Å². The number of carbonyl (C=O) groups excluding carboxylic acids is 1. The third kappa shape index (κ3) is 6.87. The molecule has 0 saturated carbocycles. The van der Waals surface area contributed by atoms with Gasteiger partial charge in [0.25, 0.3) is 0 Å². The quantitative estimate of drug-likeness (QED) is 0.571. The number of alkyl halides is 1. The molecule has 15 heavy (non-hydrogen) atoms. The first-order valence-electron chi connectivity index (χ1n) is 5.12. The van der Waals surface area contributed by atoms with Gasteiger partial charge in [0.15, 0.2) is 6.29 Å². The van der Waals surface area contributed by atoms with Crippen LogP contribution >= 0.6 is 15.9 Å². The van der Waals surface area contributed by atoms with Crippen LogP contribution in [0, 0.1) is 0 Å². The van der Waals surface area contributed by atoms with E-state index in [0.29, 0.717) is 19.8 Å². The Balaban J connectivity index is 3.93. The van der Waals surface area contributed by atoms with Gasteiger partial charge < -0.3 is 14.8 Å². The molecule has 0 aliphatic carbocycles. The molecule has 0 aromatic heterocycles. The van der Waals surface area contributed by atoms with Crippen molar-refractivity contribution in [1.82, 2.24) is 5.32 Å². The zero-order valence-corrected chi connectivity index (χ0v) is 11.4. The van der Waals surface area contributed by atoms with Gasteiger partial charge in [-0.1, -0.05) is 15.9 Å². The predicted molar refractivity (Wildman–Crippen MR) is 63.1 cm³/mol. The van der Waals surface area contributed by atoms with Gasteiger partial charge in [0.2, 0.25) is 5.91 Å². The van der Waals surface area contributed by atoms with Crippen molar-refractivity contribution < 1.29 is 14.3 Å². The largest absolute Gasteiger partial charge is 0.351 e. The van der Waals surface area contributed by atoms with E-state index < -0.39 is 4.32 Å². The highest BCUT2D eigenvalue weighted by Crippen LogP contribution is 2.15. The lowest BCUT2D eigenvalue weighted by molar-refractivity contribution is -0.141. The van der Waals surface area contributed by atoms with Crippen LogP contribution in [-0.4, -0.2) is 36.3 Å². The minimum atomic E-state index is -0.560. The fourth-order valence-corrected chi connectivity index (χ4v) is 1.06. The van der Waals surface area contributed by atoms with E-state index in [2.05, 4.69) is 21.2 Å². The van der Waals surface area contributed by atoms with Crippen molar-refractivity contribution in [3.8, 4) is 0 Å². The number of carbonyl (C=O) groups is 1. The Hall–Kier alpha value is -0.130. The standard InChI is InChI=1S/C10H20BrNO3/c1-5-14-8(15-6-2)7-12-9(13)10(3,4)11/h8H,5-7H2,1-4H3,(H,12,13). The molecule has 0 aliphatic rings. The maximum Gasteiger partial charge on any atom is 0.236 e. The normalized spacial score (nSPS) is 11.9. The molecule has 5 heteroatoms. The lowest BCUT2D eigenvalue weighted by atomic mass is 10.2. The van der Waals surface area contributed by atoms with E-state index in [4.69, 9.17) is 9.47 Å². The topological polar surface area (TPSA) is 47.6 Å². The molecular weight excluding hydrogens is 262 g/mol. The van der Waals surface area contributed by atoms with Gasteiger partial charge >= 0.3 is 0 Å². The van der Waals surface area contributed by atoms with E-state index in [1.165, 1.54) is 0 Å². The van der Waals surface area contributed by atoms with Crippen molar-refractivity contribution in [3.05, 3.63) is 0 Å². The summed E-state index contributed by atoms with van der Waals surface area (Å²) in [7, 11) is 0. The van der Waals surface area contributed by atoms with Crippen LogP contribution in [0.25, 0.3) is 0 Å². The summed E-state index contributed by atoms with van der Waals surface area (Å²) in [6, 6.07) is 0. The molecule has 0 fully saturated rings. The molecule has 0 atom stereocenters. The van der Waals surface area contributed by atoms with E-state index >= 15 is 0 Å². The number of ether oxygens (including phenoxy) is 2. The van der Waals surface area contributed by atoms with Crippen molar-refractivity contribution in [3.63, 3.8) is 0 Å². The number of amides is 1. The van der Waals surface area contributed by atoms with E-state index in [1.54, 1.807) is 13.8 Å². The van der Waals surface area contributed by atoms with Crippen molar-refractivity contribution in [1.29, 1.82) is 0 Å². The SMILES string of the molecule is CCOC(CNC(=O)C(C)(C)Br)OCC. The molecule has 0 heterocycles. The summed E-state index contributed by atoms with van der Waals surface area (Å²) in [5.41, 5.74) is 0. The fourth-order valence-electron chi connectivity index (χ4n) is 0.924. The lowest BCUT2D eigenvalue weighted by Gasteiger charge is -2.20. The van der Waals surface area contributed by atoms with Gasteiger partial charge in [0.05, 0.1) is 10.9 Å². The van der Waals surface area contributed by atoms with Gasteiger partial charge in [-0.05, 0) is 27.7 Å². The summed E-state index contributed by atoms with van der Waals surface area (Å²) in [4.78, 5) is 11.5. The minimum Gasteiger partial charge on any atom is -0.351 e. The van der Waals surface area contributed by atoms with Crippen molar-refractivity contribution in [2.75, 3.05) is 19.8 Å². The highest BCUT2D eigenvalue weighted by Gasteiger charge is 2.24. The molecule has 0 aromatic carbocycles. The number of hydrogen-bond acceptors (Lipinski definition) is 3.